The lowest BCUT2D eigenvalue weighted by atomic mass is 9.62. The summed E-state index contributed by atoms with van der Waals surface area (Å²) in [6.07, 6.45) is 3.58. The van der Waals surface area contributed by atoms with Crippen LogP contribution in [0.1, 0.15) is 58.6 Å². The van der Waals surface area contributed by atoms with E-state index in [1.54, 1.807) is 19.3 Å². The van der Waals surface area contributed by atoms with E-state index in [1.165, 1.54) is 17.7 Å². The molecule has 43 heavy (non-hydrogen) atoms. The second-order valence-electron chi connectivity index (χ2n) is 11.1. The first-order valence-corrected chi connectivity index (χ1v) is 14.5. The number of methoxy groups -OCH3 is 1. The van der Waals surface area contributed by atoms with Crippen LogP contribution in [0.3, 0.4) is 0 Å². The summed E-state index contributed by atoms with van der Waals surface area (Å²) in [5.74, 6) is -1.70. The molecule has 0 spiro atoms. The van der Waals surface area contributed by atoms with Crippen LogP contribution in [-0.4, -0.2) is 65.9 Å². The molecule has 0 radical (unpaired) electrons. The average Bonchev–Trinajstić information content (AvgIpc) is 3.04. The number of esters is 1. The molecule has 2 aliphatic rings. The van der Waals surface area contributed by atoms with Crippen molar-refractivity contribution in [3.05, 3.63) is 106 Å². The molecule has 2 heterocycles. The van der Waals surface area contributed by atoms with Gasteiger partial charge in [0.25, 0.3) is 11.5 Å². The van der Waals surface area contributed by atoms with Crippen LogP contribution in [0.25, 0.3) is 0 Å². The molecule has 224 valence electrons. The number of pyridine rings is 1. The average molecular weight is 585 g/mol. The Morgan fingerprint density at radius 1 is 0.930 bits per heavy atom. The number of aromatic nitrogens is 1. The van der Waals surface area contributed by atoms with Gasteiger partial charge in [0.1, 0.15) is 12.1 Å². The van der Waals surface area contributed by atoms with Gasteiger partial charge in [-0.15, -0.1) is 0 Å². The van der Waals surface area contributed by atoms with Crippen molar-refractivity contribution >= 4 is 23.7 Å². The first-order chi connectivity index (χ1) is 20.8. The molecule has 2 N–H and O–H groups in total. The van der Waals surface area contributed by atoms with Gasteiger partial charge in [-0.05, 0) is 54.5 Å². The first-order valence-electron chi connectivity index (χ1n) is 14.5. The molecule has 2 aromatic carbocycles. The molecular formula is C33H36N4O6. The van der Waals surface area contributed by atoms with Gasteiger partial charge in [0.2, 0.25) is 11.8 Å². The van der Waals surface area contributed by atoms with Gasteiger partial charge in [-0.3, -0.25) is 24.0 Å². The number of aryl methyl sites for hydroxylation is 1. The van der Waals surface area contributed by atoms with E-state index in [-0.39, 0.29) is 35.5 Å². The number of hydrogen-bond donors (Lipinski definition) is 2. The molecule has 2 atom stereocenters. The van der Waals surface area contributed by atoms with E-state index in [2.05, 4.69) is 10.6 Å². The molecule has 0 saturated carbocycles. The van der Waals surface area contributed by atoms with Crippen molar-refractivity contribution < 1.29 is 23.9 Å². The molecule has 1 fully saturated rings. The Morgan fingerprint density at radius 3 is 2.35 bits per heavy atom. The van der Waals surface area contributed by atoms with Crippen molar-refractivity contribution in [2.75, 3.05) is 26.7 Å². The van der Waals surface area contributed by atoms with Crippen molar-refractivity contribution in [1.29, 1.82) is 0 Å². The van der Waals surface area contributed by atoms with Crippen molar-refractivity contribution in [1.82, 2.24) is 20.1 Å². The maximum Gasteiger partial charge on any atom is 0.325 e. The van der Waals surface area contributed by atoms with E-state index >= 15 is 0 Å². The smallest absolute Gasteiger partial charge is 0.325 e. The van der Waals surface area contributed by atoms with Crippen LogP contribution in [0.2, 0.25) is 0 Å². The molecule has 3 aromatic rings. The Hall–Kier alpha value is -4.73. The van der Waals surface area contributed by atoms with Crippen molar-refractivity contribution in [2.24, 2.45) is 7.05 Å². The lowest BCUT2D eigenvalue weighted by Crippen LogP contribution is -2.51. The van der Waals surface area contributed by atoms with Crippen molar-refractivity contribution in [3.63, 3.8) is 0 Å². The maximum absolute atomic E-state index is 14.0. The molecule has 1 aliphatic heterocycles. The zero-order valence-electron chi connectivity index (χ0n) is 24.4. The highest BCUT2D eigenvalue weighted by molar-refractivity contribution is 5.96. The monoisotopic (exact) mass is 584 g/mol. The third-order valence-corrected chi connectivity index (χ3v) is 8.69. The Balaban J connectivity index is 1.34. The summed E-state index contributed by atoms with van der Waals surface area (Å²) in [6, 6.07) is 20.0. The third kappa shape index (κ3) is 5.82. The largest absolute Gasteiger partial charge is 0.468 e. The van der Waals surface area contributed by atoms with Crippen LogP contribution in [0, 0.1) is 0 Å². The number of rotatable bonds is 7. The summed E-state index contributed by atoms with van der Waals surface area (Å²) in [5.41, 5.74) is 1.01. The number of carbonyl (C=O) groups excluding carboxylic acids is 4. The zero-order valence-corrected chi connectivity index (χ0v) is 24.4. The quantitative estimate of drug-likeness (QED) is 0.411. The Kier molecular flexibility index (Phi) is 8.75. The molecule has 10 heteroatoms. The number of hydrogen-bond acceptors (Lipinski definition) is 6. The van der Waals surface area contributed by atoms with Gasteiger partial charge < -0.3 is 24.8 Å². The minimum atomic E-state index is -1.07. The normalized spacial score (nSPS) is 20.0. The topological polar surface area (TPSA) is 127 Å². The fourth-order valence-corrected chi connectivity index (χ4v) is 6.36. The lowest BCUT2D eigenvalue weighted by molar-refractivity contribution is -0.141. The fraction of sp³-hybridized carbons (Fsp3) is 0.364. The molecule has 1 aliphatic carbocycles. The Labute approximate surface area is 250 Å². The highest BCUT2D eigenvalue weighted by Gasteiger charge is 2.49. The molecule has 1 saturated heterocycles. The van der Waals surface area contributed by atoms with Crippen LogP contribution in [0.4, 0.5) is 0 Å². The molecule has 1 aromatic heterocycles. The molecule has 0 bridgehead atoms. The van der Waals surface area contributed by atoms with E-state index in [0.717, 1.165) is 16.7 Å². The highest BCUT2D eigenvalue weighted by atomic mass is 16.5. The number of amides is 3. The lowest BCUT2D eigenvalue weighted by Gasteiger charge is -2.42. The zero-order chi connectivity index (χ0) is 30.6. The standard InChI is InChI=1S/C33H36N4O6/c1-36-18-8-12-26(30(36)40)29(39)35-23-15-19-37(20-16-23)31(41)25-14-17-33(22-9-4-3-5-10-22,27-13-7-6-11-24(25)27)32(42)34-21-28(38)43-2/h3-13,18,23,25H,14-17,19-21H2,1-2H3,(H,34,42)(H,35,39)/t25-,33+/m0/s1. The predicted octanol–water partition coefficient (Wildman–Crippen LogP) is 2.26. The van der Waals surface area contributed by atoms with E-state index in [0.29, 0.717) is 38.8 Å². The van der Waals surface area contributed by atoms with E-state index in [1.807, 2.05) is 59.5 Å². The second kappa shape index (κ2) is 12.6. The van der Waals surface area contributed by atoms with Gasteiger partial charge in [0.05, 0.1) is 18.4 Å². The van der Waals surface area contributed by atoms with E-state index in [4.69, 9.17) is 4.74 Å². The number of piperidine rings is 1. The summed E-state index contributed by atoms with van der Waals surface area (Å²) in [4.78, 5) is 66.6. The minimum absolute atomic E-state index is 0.00853. The van der Waals surface area contributed by atoms with Gasteiger partial charge in [-0.25, -0.2) is 0 Å². The molecule has 0 unspecified atom stereocenters. The molecule has 3 amide bonds. The highest BCUT2D eigenvalue weighted by Crippen LogP contribution is 2.47. The van der Waals surface area contributed by atoms with Crippen LogP contribution >= 0.6 is 0 Å². The van der Waals surface area contributed by atoms with E-state index in [9.17, 15) is 24.0 Å². The summed E-state index contributed by atoms with van der Waals surface area (Å²) in [6.45, 7) is 0.691. The van der Waals surface area contributed by atoms with Gasteiger partial charge in [0, 0.05) is 32.4 Å². The number of likely N-dealkylation sites (tertiary alicyclic amines) is 1. The first kappa shape index (κ1) is 29.8. The number of ether oxygens (including phenoxy) is 1. The van der Waals surface area contributed by atoms with Gasteiger partial charge >= 0.3 is 5.97 Å². The maximum atomic E-state index is 14.0. The second-order valence-corrected chi connectivity index (χ2v) is 11.1. The summed E-state index contributed by atoms with van der Waals surface area (Å²) in [5, 5.41) is 5.72. The van der Waals surface area contributed by atoms with Crippen molar-refractivity contribution in [2.45, 2.75) is 43.1 Å². The van der Waals surface area contributed by atoms with E-state index < -0.39 is 23.2 Å². The van der Waals surface area contributed by atoms with Gasteiger partial charge in [-0.1, -0.05) is 54.6 Å². The summed E-state index contributed by atoms with van der Waals surface area (Å²) < 4.78 is 6.10. The number of fused-ring (bicyclic) bond motifs is 1. The van der Waals surface area contributed by atoms with Gasteiger partial charge in [-0.2, -0.15) is 0 Å². The summed E-state index contributed by atoms with van der Waals surface area (Å²) in [7, 11) is 2.88. The molecular weight excluding hydrogens is 548 g/mol. The van der Waals surface area contributed by atoms with Gasteiger partial charge in [0.15, 0.2) is 0 Å². The fourth-order valence-electron chi connectivity index (χ4n) is 6.36. The third-order valence-electron chi connectivity index (χ3n) is 8.69. The number of carbonyl (C=O) groups is 4. The number of benzene rings is 2. The Morgan fingerprint density at radius 2 is 1.63 bits per heavy atom. The minimum Gasteiger partial charge on any atom is -0.468 e. The van der Waals surface area contributed by atoms with Crippen LogP contribution in [0.5, 0.6) is 0 Å². The SMILES string of the molecule is COC(=O)CNC(=O)[C@@]1(c2ccccc2)CC[C@H](C(=O)N2CCC(NC(=O)c3cccn(C)c3=O)CC2)c2ccccc21. The van der Waals surface area contributed by atoms with Crippen LogP contribution < -0.4 is 16.2 Å². The Bertz CT molecular complexity index is 1580. The number of nitrogens with one attached hydrogen (secondary N) is 2. The number of nitrogens with zero attached hydrogens (tertiary/aromatic N) is 2. The van der Waals surface area contributed by atoms with Crippen molar-refractivity contribution in [3.8, 4) is 0 Å². The molecule has 5 rings (SSSR count). The van der Waals surface area contributed by atoms with Crippen LogP contribution in [0.15, 0.2) is 77.7 Å². The predicted molar refractivity (Wildman–Crippen MR) is 159 cm³/mol. The van der Waals surface area contributed by atoms with Crippen LogP contribution in [-0.2, 0) is 31.6 Å². The molecule has 10 nitrogen and oxygen atoms in total. The summed E-state index contributed by atoms with van der Waals surface area (Å²) >= 11 is 0.